The second kappa shape index (κ2) is 7.49. The van der Waals surface area contributed by atoms with Crippen LogP contribution < -0.4 is 10.2 Å². The molecule has 1 amide bonds. The second-order valence-corrected chi connectivity index (χ2v) is 6.46. The van der Waals surface area contributed by atoms with Gasteiger partial charge in [-0.3, -0.25) is 9.59 Å². The molecule has 6 heteroatoms. The van der Waals surface area contributed by atoms with E-state index in [1.165, 1.54) is 18.2 Å². The molecule has 5 nitrogen and oxygen atoms in total. The molecule has 134 valence electrons. The van der Waals surface area contributed by atoms with Crippen LogP contribution in [0, 0.1) is 12.7 Å². The lowest BCUT2D eigenvalue weighted by Gasteiger charge is -2.13. The summed E-state index contributed by atoms with van der Waals surface area (Å²) in [4.78, 5) is 28.8. The van der Waals surface area contributed by atoms with Gasteiger partial charge in [0.15, 0.2) is 6.54 Å². The Morgan fingerprint density at radius 3 is 2.65 bits per heavy atom. The Morgan fingerprint density at radius 1 is 1.12 bits per heavy atom. The maximum Gasteiger partial charge on any atom is 0.279 e. The van der Waals surface area contributed by atoms with E-state index in [4.69, 9.17) is 0 Å². The van der Waals surface area contributed by atoms with E-state index in [-0.39, 0.29) is 24.8 Å². The van der Waals surface area contributed by atoms with E-state index in [1.54, 1.807) is 13.1 Å². The minimum atomic E-state index is -0.409. The summed E-state index contributed by atoms with van der Waals surface area (Å²) in [7, 11) is 1.78. The number of amides is 1. The molecule has 0 saturated carbocycles. The van der Waals surface area contributed by atoms with E-state index in [2.05, 4.69) is 10.3 Å². The molecule has 0 radical (unpaired) electrons. The second-order valence-electron chi connectivity index (χ2n) is 6.46. The summed E-state index contributed by atoms with van der Waals surface area (Å²) < 4.78 is 13.2. The predicted molar refractivity (Wildman–Crippen MR) is 99.0 cm³/mol. The molecule has 0 saturated heterocycles. The van der Waals surface area contributed by atoms with E-state index < -0.39 is 5.82 Å². The number of H-pyrrole nitrogens is 1. The number of rotatable bonds is 6. The topological polar surface area (TPSA) is 66.4 Å². The monoisotopic (exact) mass is 354 g/mol. The Balaban J connectivity index is 1.63. The highest BCUT2D eigenvalue weighted by molar-refractivity contribution is 6.09. The summed E-state index contributed by atoms with van der Waals surface area (Å²) >= 11 is 0. The van der Waals surface area contributed by atoms with Gasteiger partial charge < -0.3 is 15.2 Å². The zero-order valence-electron chi connectivity index (χ0n) is 14.7. The number of benzene rings is 2. The van der Waals surface area contributed by atoms with Gasteiger partial charge in [-0.05, 0) is 31.2 Å². The maximum absolute atomic E-state index is 13.2. The third kappa shape index (κ3) is 3.97. The number of likely N-dealkylation sites (N-methyl/N-ethyl adjacent to an activating group) is 1. The van der Waals surface area contributed by atoms with Gasteiger partial charge in [-0.25, -0.2) is 4.39 Å². The van der Waals surface area contributed by atoms with Crippen molar-refractivity contribution >= 4 is 28.3 Å². The van der Waals surface area contributed by atoms with Crippen LogP contribution in [0.15, 0.2) is 48.5 Å². The first-order valence-electron chi connectivity index (χ1n) is 8.41. The molecule has 0 spiro atoms. The van der Waals surface area contributed by atoms with Crippen molar-refractivity contribution in [3.8, 4) is 0 Å². The van der Waals surface area contributed by atoms with Crippen molar-refractivity contribution in [3.05, 3.63) is 65.6 Å². The molecule has 1 aromatic heterocycles. The average molecular weight is 354 g/mol. The van der Waals surface area contributed by atoms with Gasteiger partial charge in [0.2, 0.25) is 5.78 Å². The van der Waals surface area contributed by atoms with Crippen molar-refractivity contribution < 1.29 is 18.9 Å². The molecule has 3 N–H and O–H groups in total. The number of Topliss-reactive ketones (excluding diaryl/α,β-unsaturated/α-hetero) is 1. The zero-order valence-corrected chi connectivity index (χ0v) is 14.7. The third-order valence-corrected chi connectivity index (χ3v) is 4.21. The Hall–Kier alpha value is -2.99. The number of aromatic amines is 1. The lowest BCUT2D eigenvalue weighted by atomic mass is 10.1. The lowest BCUT2D eigenvalue weighted by molar-refractivity contribution is -0.861. The molecule has 1 unspecified atom stereocenters. The molecule has 0 aliphatic heterocycles. The number of hydrogen-bond donors (Lipinski definition) is 3. The highest BCUT2D eigenvalue weighted by Gasteiger charge is 2.20. The summed E-state index contributed by atoms with van der Waals surface area (Å²) in [6.45, 7) is 2.18. The van der Waals surface area contributed by atoms with Crippen LogP contribution in [-0.2, 0) is 4.79 Å². The van der Waals surface area contributed by atoms with E-state index in [9.17, 15) is 14.0 Å². The van der Waals surface area contributed by atoms with E-state index in [0.717, 1.165) is 21.5 Å². The summed E-state index contributed by atoms with van der Waals surface area (Å²) in [5.41, 5.74) is 2.83. The molecule has 2 aromatic carbocycles. The Bertz CT molecular complexity index is 965. The molecule has 1 atom stereocenters. The molecule has 0 aliphatic carbocycles. The number of ketones is 1. The van der Waals surface area contributed by atoms with Gasteiger partial charge in [-0.2, -0.15) is 0 Å². The van der Waals surface area contributed by atoms with Crippen molar-refractivity contribution in [3.63, 3.8) is 0 Å². The average Bonchev–Trinajstić information content (AvgIpc) is 2.90. The summed E-state index contributed by atoms with van der Waals surface area (Å²) in [6.07, 6.45) is 0. The SMILES string of the molecule is Cc1[nH]c2ccccc2c1C(=O)C[NH+](C)CC(=O)Nc1cccc(F)c1. The number of nitrogens with one attached hydrogen (secondary N) is 3. The van der Waals surface area contributed by atoms with Crippen LogP contribution in [0.25, 0.3) is 10.9 Å². The van der Waals surface area contributed by atoms with Crippen molar-refractivity contribution in [2.45, 2.75) is 6.92 Å². The van der Waals surface area contributed by atoms with Gasteiger partial charge in [0.25, 0.3) is 5.91 Å². The van der Waals surface area contributed by atoms with Crippen LogP contribution in [0.2, 0.25) is 0 Å². The van der Waals surface area contributed by atoms with Crippen molar-refractivity contribution in [1.29, 1.82) is 0 Å². The normalized spacial score (nSPS) is 12.1. The van der Waals surface area contributed by atoms with Gasteiger partial charge >= 0.3 is 0 Å². The highest BCUT2D eigenvalue weighted by atomic mass is 19.1. The predicted octanol–water partition coefficient (Wildman–Crippen LogP) is 1.95. The third-order valence-electron chi connectivity index (χ3n) is 4.21. The summed E-state index contributed by atoms with van der Waals surface area (Å²) in [6, 6.07) is 13.4. The quantitative estimate of drug-likeness (QED) is 0.593. The number of carbonyl (C=O) groups is 2. The van der Waals surface area contributed by atoms with Gasteiger partial charge in [0, 0.05) is 22.3 Å². The molecule has 26 heavy (non-hydrogen) atoms. The highest BCUT2D eigenvalue weighted by Crippen LogP contribution is 2.21. The van der Waals surface area contributed by atoms with Gasteiger partial charge in [-0.1, -0.05) is 24.3 Å². The van der Waals surface area contributed by atoms with Crippen molar-refractivity contribution in [2.75, 3.05) is 25.5 Å². The Labute approximate surface area is 150 Å². The lowest BCUT2D eigenvalue weighted by Crippen LogP contribution is -3.11. The first kappa shape index (κ1) is 17.8. The number of carbonyl (C=O) groups excluding carboxylic acids is 2. The fourth-order valence-electron chi connectivity index (χ4n) is 3.11. The van der Waals surface area contributed by atoms with Crippen molar-refractivity contribution in [1.82, 2.24) is 4.98 Å². The van der Waals surface area contributed by atoms with Crippen LogP contribution >= 0.6 is 0 Å². The minimum absolute atomic E-state index is 0.0176. The molecule has 3 rings (SSSR count). The van der Waals surface area contributed by atoms with E-state index in [0.29, 0.717) is 11.3 Å². The van der Waals surface area contributed by atoms with Gasteiger partial charge in [-0.15, -0.1) is 0 Å². The van der Waals surface area contributed by atoms with Crippen LogP contribution in [0.1, 0.15) is 16.1 Å². The van der Waals surface area contributed by atoms with Crippen LogP contribution in [-0.4, -0.2) is 36.8 Å². The maximum atomic E-state index is 13.2. The largest absolute Gasteiger partial charge is 0.358 e. The summed E-state index contributed by atoms with van der Waals surface area (Å²) in [5.74, 6) is -0.693. The molecular formula is C20H21FN3O2+. The number of anilines is 1. The number of halogens is 1. The molecule has 0 bridgehead atoms. The fourth-order valence-corrected chi connectivity index (χ4v) is 3.11. The number of hydrogen-bond acceptors (Lipinski definition) is 2. The first-order chi connectivity index (χ1) is 12.4. The standard InChI is InChI=1S/C20H20FN3O2/c1-13-20(16-8-3-4-9-17(16)22-13)18(25)11-24(2)12-19(26)23-15-7-5-6-14(21)10-15/h3-10,22H,11-12H2,1-2H3,(H,23,26)/p+1. The molecular weight excluding hydrogens is 333 g/mol. The zero-order chi connectivity index (χ0) is 18.7. The van der Waals surface area contributed by atoms with Crippen LogP contribution in [0.5, 0.6) is 0 Å². The number of aryl methyl sites for hydroxylation is 1. The first-order valence-corrected chi connectivity index (χ1v) is 8.41. The van der Waals surface area contributed by atoms with Crippen LogP contribution in [0.3, 0.4) is 0 Å². The van der Waals surface area contributed by atoms with E-state index >= 15 is 0 Å². The fraction of sp³-hybridized carbons (Fsp3) is 0.200. The summed E-state index contributed by atoms with van der Waals surface area (Å²) in [5, 5.41) is 3.54. The molecule has 0 aliphatic rings. The molecule has 1 heterocycles. The number of fused-ring (bicyclic) bond motifs is 1. The number of para-hydroxylation sites is 1. The van der Waals surface area contributed by atoms with Crippen molar-refractivity contribution in [2.24, 2.45) is 0 Å². The molecule has 3 aromatic rings. The van der Waals surface area contributed by atoms with Gasteiger partial charge in [0.1, 0.15) is 12.4 Å². The Kier molecular flexibility index (Phi) is 5.14. The van der Waals surface area contributed by atoms with E-state index in [1.807, 2.05) is 31.2 Å². The minimum Gasteiger partial charge on any atom is -0.358 e. The molecule has 0 fully saturated rings. The smallest absolute Gasteiger partial charge is 0.279 e. The Morgan fingerprint density at radius 2 is 1.88 bits per heavy atom. The number of aromatic nitrogens is 1. The van der Waals surface area contributed by atoms with Crippen LogP contribution in [0.4, 0.5) is 10.1 Å². The number of quaternary nitrogens is 1. The van der Waals surface area contributed by atoms with Gasteiger partial charge in [0.05, 0.1) is 12.6 Å².